The average Bonchev–Trinajstić information content (AvgIpc) is 3.56. The van der Waals surface area contributed by atoms with Gasteiger partial charge < -0.3 is 20.4 Å². The molecule has 1 aliphatic heterocycles. The molecular formula is C28H34N8. The lowest BCUT2D eigenvalue weighted by atomic mass is 10.2. The minimum atomic E-state index is 0.416. The fourth-order valence-electron chi connectivity index (χ4n) is 5.31. The van der Waals surface area contributed by atoms with Crippen molar-refractivity contribution in [1.29, 1.82) is 0 Å². The van der Waals surface area contributed by atoms with Gasteiger partial charge in [0.25, 0.3) is 0 Å². The predicted molar refractivity (Wildman–Crippen MR) is 146 cm³/mol. The number of imidazole rings is 1. The Labute approximate surface area is 212 Å². The summed E-state index contributed by atoms with van der Waals surface area (Å²) >= 11 is 0. The monoisotopic (exact) mass is 482 g/mol. The molecule has 2 N–H and O–H groups in total. The number of fused-ring (bicyclic) bond motifs is 1. The van der Waals surface area contributed by atoms with E-state index in [1.807, 2.05) is 12.3 Å². The first-order valence-electron chi connectivity index (χ1n) is 13.1. The molecule has 2 aromatic carbocycles. The summed E-state index contributed by atoms with van der Waals surface area (Å²) in [5, 5.41) is 6.97. The van der Waals surface area contributed by atoms with Crippen LogP contribution in [0.2, 0.25) is 0 Å². The summed E-state index contributed by atoms with van der Waals surface area (Å²) in [7, 11) is 2.18. The SMILES string of the molecule is CN1CCN(c2ccc(Nc3ncc4nc(NCc5ccccc5)n(C5CCCC5)c4n3)cc2)CC1. The maximum Gasteiger partial charge on any atom is 0.229 e. The molecule has 186 valence electrons. The largest absolute Gasteiger partial charge is 0.369 e. The Kier molecular flexibility index (Phi) is 6.42. The fraction of sp³-hybridized carbons (Fsp3) is 0.393. The standard InChI is InChI=1S/C28H34N8/c1-34-15-17-35(18-16-34)23-13-11-22(12-14-23)31-27-29-20-25-26(33-27)36(24-9-5-6-10-24)28(32-25)30-19-21-7-3-2-4-8-21/h2-4,7-8,11-14,20,24H,5-6,9-10,15-19H2,1H3,(H,30,32)(H,29,31,33). The van der Waals surface area contributed by atoms with Crippen LogP contribution in [0.4, 0.5) is 23.3 Å². The van der Waals surface area contributed by atoms with Crippen LogP contribution in [0.1, 0.15) is 37.3 Å². The third-order valence-electron chi connectivity index (χ3n) is 7.41. The maximum absolute atomic E-state index is 4.93. The van der Waals surface area contributed by atoms with Gasteiger partial charge in [-0.2, -0.15) is 4.98 Å². The Morgan fingerprint density at radius 2 is 1.64 bits per heavy atom. The van der Waals surface area contributed by atoms with Gasteiger partial charge in [0.05, 0.1) is 6.20 Å². The van der Waals surface area contributed by atoms with E-state index in [2.05, 4.69) is 85.6 Å². The van der Waals surface area contributed by atoms with Gasteiger partial charge in [-0.15, -0.1) is 0 Å². The number of benzene rings is 2. The summed E-state index contributed by atoms with van der Waals surface area (Å²) in [6.45, 7) is 5.06. The molecule has 36 heavy (non-hydrogen) atoms. The number of nitrogens with one attached hydrogen (secondary N) is 2. The highest BCUT2D eigenvalue weighted by molar-refractivity contribution is 5.76. The van der Waals surface area contributed by atoms with Gasteiger partial charge in [-0.3, -0.25) is 4.57 Å². The normalized spacial score (nSPS) is 17.1. The molecule has 2 aliphatic rings. The lowest BCUT2D eigenvalue weighted by molar-refractivity contribution is 0.313. The topological polar surface area (TPSA) is 74.1 Å². The molecule has 6 rings (SSSR count). The Morgan fingerprint density at radius 3 is 2.39 bits per heavy atom. The molecule has 0 amide bonds. The highest BCUT2D eigenvalue weighted by atomic mass is 15.3. The number of likely N-dealkylation sites (N-methyl/N-ethyl adjacent to an activating group) is 1. The van der Waals surface area contributed by atoms with Crippen LogP contribution < -0.4 is 15.5 Å². The summed E-state index contributed by atoms with van der Waals surface area (Å²) < 4.78 is 2.30. The zero-order chi connectivity index (χ0) is 24.3. The van der Waals surface area contributed by atoms with Crippen LogP contribution in [0.3, 0.4) is 0 Å². The van der Waals surface area contributed by atoms with Crippen molar-refractivity contribution in [3.8, 4) is 0 Å². The molecule has 1 saturated carbocycles. The number of anilines is 4. The van der Waals surface area contributed by atoms with Crippen molar-refractivity contribution in [1.82, 2.24) is 24.4 Å². The lowest BCUT2D eigenvalue weighted by Crippen LogP contribution is -2.44. The van der Waals surface area contributed by atoms with Gasteiger partial charge in [-0.25, -0.2) is 9.97 Å². The van der Waals surface area contributed by atoms with Crippen LogP contribution in [0.15, 0.2) is 60.8 Å². The molecular weight excluding hydrogens is 448 g/mol. The van der Waals surface area contributed by atoms with Crippen LogP contribution in [0.5, 0.6) is 0 Å². The molecule has 8 nitrogen and oxygen atoms in total. The fourth-order valence-corrected chi connectivity index (χ4v) is 5.31. The molecule has 2 fully saturated rings. The number of nitrogens with zero attached hydrogens (tertiary/aromatic N) is 6. The number of aromatic nitrogens is 4. The van der Waals surface area contributed by atoms with Crippen molar-refractivity contribution in [2.45, 2.75) is 38.3 Å². The molecule has 2 aromatic heterocycles. The first kappa shape index (κ1) is 22.8. The van der Waals surface area contributed by atoms with Crippen LogP contribution in [-0.2, 0) is 6.54 Å². The van der Waals surface area contributed by atoms with Crippen LogP contribution in [0.25, 0.3) is 11.2 Å². The Bertz CT molecular complexity index is 1290. The van der Waals surface area contributed by atoms with E-state index < -0.39 is 0 Å². The van der Waals surface area contributed by atoms with Crippen LogP contribution in [0, 0.1) is 0 Å². The van der Waals surface area contributed by atoms with Gasteiger partial charge in [0, 0.05) is 50.1 Å². The highest BCUT2D eigenvalue weighted by Gasteiger charge is 2.24. The minimum Gasteiger partial charge on any atom is -0.369 e. The number of rotatable bonds is 7. The third-order valence-corrected chi connectivity index (χ3v) is 7.41. The maximum atomic E-state index is 4.93. The molecule has 0 bridgehead atoms. The Hall–Kier alpha value is -3.65. The molecule has 0 radical (unpaired) electrons. The zero-order valence-electron chi connectivity index (χ0n) is 20.9. The van der Waals surface area contributed by atoms with E-state index in [1.54, 1.807) is 0 Å². The molecule has 0 spiro atoms. The van der Waals surface area contributed by atoms with Gasteiger partial charge in [0.1, 0.15) is 5.52 Å². The number of piperazine rings is 1. The second-order valence-corrected chi connectivity index (χ2v) is 9.95. The van der Waals surface area contributed by atoms with Gasteiger partial charge in [-0.1, -0.05) is 43.2 Å². The summed E-state index contributed by atoms with van der Waals surface area (Å²) in [5.74, 6) is 1.48. The molecule has 1 aliphatic carbocycles. The van der Waals surface area contributed by atoms with Crippen LogP contribution in [-0.4, -0.2) is 57.6 Å². The van der Waals surface area contributed by atoms with Gasteiger partial charge >= 0.3 is 0 Å². The number of hydrogen-bond donors (Lipinski definition) is 2. The summed E-state index contributed by atoms with van der Waals surface area (Å²) in [6.07, 6.45) is 6.65. The molecule has 8 heteroatoms. The third kappa shape index (κ3) is 4.86. The molecule has 1 saturated heterocycles. The predicted octanol–water partition coefficient (Wildman–Crippen LogP) is 5.05. The van der Waals surface area contributed by atoms with Crippen molar-refractivity contribution in [3.05, 3.63) is 66.4 Å². The van der Waals surface area contributed by atoms with E-state index in [1.165, 1.54) is 24.1 Å². The molecule has 4 aromatic rings. The minimum absolute atomic E-state index is 0.416. The number of hydrogen-bond acceptors (Lipinski definition) is 7. The second kappa shape index (κ2) is 10.1. The Morgan fingerprint density at radius 1 is 0.889 bits per heavy atom. The van der Waals surface area contributed by atoms with Crippen molar-refractivity contribution >= 4 is 34.4 Å². The molecule has 0 unspecified atom stereocenters. The summed E-state index contributed by atoms with van der Waals surface area (Å²) in [6, 6.07) is 19.4. The van der Waals surface area contributed by atoms with E-state index in [0.717, 1.165) is 68.4 Å². The Balaban J connectivity index is 1.23. The van der Waals surface area contributed by atoms with Crippen molar-refractivity contribution in [2.24, 2.45) is 0 Å². The van der Waals surface area contributed by atoms with Crippen molar-refractivity contribution in [2.75, 3.05) is 48.8 Å². The molecule has 0 atom stereocenters. The van der Waals surface area contributed by atoms with Crippen LogP contribution >= 0.6 is 0 Å². The first-order valence-corrected chi connectivity index (χ1v) is 13.1. The van der Waals surface area contributed by atoms with Gasteiger partial charge in [0.2, 0.25) is 11.9 Å². The molecule has 3 heterocycles. The first-order chi connectivity index (χ1) is 17.7. The van der Waals surface area contributed by atoms with E-state index in [4.69, 9.17) is 9.97 Å². The smallest absolute Gasteiger partial charge is 0.229 e. The van der Waals surface area contributed by atoms with E-state index in [0.29, 0.717) is 12.0 Å². The van der Waals surface area contributed by atoms with Crippen molar-refractivity contribution in [3.63, 3.8) is 0 Å². The average molecular weight is 483 g/mol. The van der Waals surface area contributed by atoms with E-state index in [-0.39, 0.29) is 0 Å². The van der Waals surface area contributed by atoms with Gasteiger partial charge in [-0.05, 0) is 49.7 Å². The summed E-state index contributed by atoms with van der Waals surface area (Å²) in [4.78, 5) is 19.2. The lowest BCUT2D eigenvalue weighted by Gasteiger charge is -2.34. The van der Waals surface area contributed by atoms with E-state index in [9.17, 15) is 0 Å². The second-order valence-electron chi connectivity index (χ2n) is 9.95. The quantitative estimate of drug-likeness (QED) is 0.382. The van der Waals surface area contributed by atoms with Gasteiger partial charge in [0.15, 0.2) is 5.65 Å². The van der Waals surface area contributed by atoms with Crippen molar-refractivity contribution < 1.29 is 0 Å². The zero-order valence-corrected chi connectivity index (χ0v) is 20.9. The highest BCUT2D eigenvalue weighted by Crippen LogP contribution is 2.35. The van der Waals surface area contributed by atoms with E-state index >= 15 is 0 Å². The summed E-state index contributed by atoms with van der Waals surface area (Å²) in [5.41, 5.74) is 5.20.